The molecule has 0 fully saturated rings. The van der Waals surface area contributed by atoms with Gasteiger partial charge in [0, 0.05) is 5.56 Å². The molecule has 0 radical (unpaired) electrons. The molecule has 3 aromatic rings. The summed E-state index contributed by atoms with van der Waals surface area (Å²) in [6, 6.07) is 8.52. The summed E-state index contributed by atoms with van der Waals surface area (Å²) in [7, 11) is -3.86. The topological polar surface area (TPSA) is 85.4 Å². The number of benzene rings is 2. The maximum Gasteiger partial charge on any atom is 0.165 e. The molecule has 158 valence electrons. The number of aryl methyl sites for hydroxylation is 1. The first-order valence-corrected chi connectivity index (χ1v) is 11.8. The molecule has 2 N–H and O–H groups in total. The van der Waals surface area contributed by atoms with E-state index in [-0.39, 0.29) is 17.8 Å². The quantitative estimate of drug-likeness (QED) is 0.658. The Labute approximate surface area is 177 Å². The molecule has 0 amide bonds. The number of aromatic nitrogens is 1. The number of nitrogens with two attached hydrogens (primary N) is 1. The normalized spacial score (nSPS) is 26.0. The van der Waals surface area contributed by atoms with Gasteiger partial charge in [-0.15, -0.1) is 11.3 Å². The van der Waals surface area contributed by atoms with Crippen molar-refractivity contribution in [1.29, 1.82) is 0 Å². The van der Waals surface area contributed by atoms with Crippen LogP contribution in [-0.2, 0) is 21.8 Å². The van der Waals surface area contributed by atoms with E-state index >= 15 is 0 Å². The van der Waals surface area contributed by atoms with E-state index in [9.17, 15) is 17.2 Å². The van der Waals surface area contributed by atoms with Crippen LogP contribution in [0.15, 0.2) is 41.4 Å². The number of halogens is 2. The Bertz CT molecular complexity index is 1300. The second-order valence-corrected chi connectivity index (χ2v) is 11.8. The fraction of sp³-hybridized carbons (Fsp3) is 0.333. The first-order valence-electron chi connectivity index (χ1n) is 9.33. The Morgan fingerprint density at radius 3 is 2.60 bits per heavy atom. The predicted molar refractivity (Wildman–Crippen MR) is 116 cm³/mol. The van der Waals surface area contributed by atoms with E-state index in [0.717, 1.165) is 39.0 Å². The summed E-state index contributed by atoms with van der Waals surface area (Å²) in [5.74, 6) is -1.97. The summed E-state index contributed by atoms with van der Waals surface area (Å²) in [5, 5.41) is 0.924. The average molecular weight is 450 g/mol. The smallest absolute Gasteiger partial charge is 0.165 e. The predicted octanol–water partition coefficient (Wildman–Crippen LogP) is 3.89. The van der Waals surface area contributed by atoms with Crippen molar-refractivity contribution in [3.05, 3.63) is 64.2 Å². The Balaban J connectivity index is 1.78. The van der Waals surface area contributed by atoms with Crippen molar-refractivity contribution in [2.75, 3.05) is 5.75 Å². The number of hydrogen-bond acceptors (Lipinski definition) is 6. The summed E-state index contributed by atoms with van der Waals surface area (Å²) >= 11 is 1.53. The van der Waals surface area contributed by atoms with E-state index in [0.29, 0.717) is 0 Å². The maximum atomic E-state index is 14.4. The molecule has 0 bridgehead atoms. The van der Waals surface area contributed by atoms with Gasteiger partial charge in [-0.1, -0.05) is 6.07 Å². The third-order valence-corrected chi connectivity index (χ3v) is 9.28. The zero-order valence-corrected chi connectivity index (χ0v) is 18.4. The van der Waals surface area contributed by atoms with Gasteiger partial charge in [-0.25, -0.2) is 22.2 Å². The van der Waals surface area contributed by atoms with Gasteiger partial charge in [-0.3, -0.25) is 4.99 Å². The van der Waals surface area contributed by atoms with Crippen LogP contribution < -0.4 is 5.73 Å². The third-order valence-electron chi connectivity index (χ3n) is 5.68. The number of rotatable bonds is 3. The van der Waals surface area contributed by atoms with Crippen LogP contribution in [0.3, 0.4) is 0 Å². The summed E-state index contributed by atoms with van der Waals surface area (Å²) in [4.78, 5) is 8.81. The largest absolute Gasteiger partial charge is 0.386 e. The van der Waals surface area contributed by atoms with Crippen LogP contribution in [0.1, 0.15) is 30.0 Å². The zero-order chi connectivity index (χ0) is 21.9. The molecule has 0 aliphatic carbocycles. The Kier molecular flexibility index (Phi) is 4.74. The van der Waals surface area contributed by atoms with Gasteiger partial charge >= 0.3 is 0 Å². The molecule has 4 rings (SSSR count). The monoisotopic (exact) mass is 449 g/mol. The number of aliphatic imine (C=N–C) groups is 1. The van der Waals surface area contributed by atoms with Gasteiger partial charge in [0.05, 0.1) is 21.0 Å². The van der Waals surface area contributed by atoms with Crippen LogP contribution in [0.4, 0.5) is 8.78 Å². The zero-order valence-electron chi connectivity index (χ0n) is 16.7. The van der Waals surface area contributed by atoms with Crippen LogP contribution in [0.2, 0.25) is 0 Å². The van der Waals surface area contributed by atoms with Crippen LogP contribution >= 0.6 is 11.3 Å². The fourth-order valence-electron chi connectivity index (χ4n) is 3.94. The molecule has 30 heavy (non-hydrogen) atoms. The molecule has 0 spiro atoms. The molecule has 2 atom stereocenters. The minimum absolute atomic E-state index is 0.111. The average Bonchev–Trinajstić information content (AvgIpc) is 3.01. The van der Waals surface area contributed by atoms with Crippen molar-refractivity contribution in [1.82, 2.24) is 4.98 Å². The first-order chi connectivity index (χ1) is 13.9. The molecular weight excluding hydrogens is 428 g/mol. The number of amidine groups is 1. The van der Waals surface area contributed by atoms with E-state index in [4.69, 9.17) is 5.73 Å². The van der Waals surface area contributed by atoms with E-state index in [1.165, 1.54) is 25.2 Å². The van der Waals surface area contributed by atoms with Gasteiger partial charge in [-0.2, -0.15) is 0 Å². The van der Waals surface area contributed by atoms with Gasteiger partial charge in [0.1, 0.15) is 27.8 Å². The van der Waals surface area contributed by atoms with Gasteiger partial charge in [0.15, 0.2) is 9.84 Å². The highest BCUT2D eigenvalue weighted by molar-refractivity contribution is 7.93. The highest BCUT2D eigenvalue weighted by Gasteiger charge is 2.52. The lowest BCUT2D eigenvalue weighted by molar-refractivity contribution is 0.466. The van der Waals surface area contributed by atoms with Crippen molar-refractivity contribution in [3.8, 4) is 0 Å². The summed E-state index contributed by atoms with van der Waals surface area (Å²) in [6.45, 7) is 4.90. The number of thiazole rings is 1. The molecule has 9 heteroatoms. The highest BCUT2D eigenvalue weighted by Crippen LogP contribution is 2.39. The Morgan fingerprint density at radius 1 is 1.17 bits per heavy atom. The fourth-order valence-corrected chi connectivity index (χ4v) is 6.86. The molecule has 2 aromatic carbocycles. The molecule has 1 aliphatic rings. The van der Waals surface area contributed by atoms with Gasteiger partial charge < -0.3 is 5.73 Å². The maximum absolute atomic E-state index is 14.4. The van der Waals surface area contributed by atoms with Crippen molar-refractivity contribution < 1.29 is 17.2 Å². The van der Waals surface area contributed by atoms with Crippen molar-refractivity contribution >= 4 is 37.2 Å². The van der Waals surface area contributed by atoms with E-state index in [2.05, 4.69) is 9.98 Å². The molecule has 0 saturated carbocycles. The minimum atomic E-state index is -3.86. The summed E-state index contributed by atoms with van der Waals surface area (Å²) in [5.41, 5.74) is 6.21. The highest BCUT2D eigenvalue weighted by atomic mass is 32.2. The van der Waals surface area contributed by atoms with Crippen molar-refractivity contribution in [2.45, 2.75) is 37.5 Å². The van der Waals surface area contributed by atoms with Gasteiger partial charge in [0.2, 0.25) is 0 Å². The van der Waals surface area contributed by atoms with E-state index < -0.39 is 37.5 Å². The van der Waals surface area contributed by atoms with Gasteiger partial charge in [0.25, 0.3) is 0 Å². The molecule has 2 unspecified atom stereocenters. The van der Waals surface area contributed by atoms with Crippen LogP contribution in [0.5, 0.6) is 0 Å². The lowest BCUT2D eigenvalue weighted by Gasteiger charge is -2.40. The van der Waals surface area contributed by atoms with Crippen LogP contribution in [-0.4, -0.2) is 29.7 Å². The van der Waals surface area contributed by atoms with Crippen molar-refractivity contribution in [3.63, 3.8) is 0 Å². The third kappa shape index (κ3) is 3.30. The van der Waals surface area contributed by atoms with Crippen molar-refractivity contribution in [2.24, 2.45) is 10.7 Å². The molecule has 1 aliphatic heterocycles. The number of fused-ring (bicyclic) bond motifs is 1. The van der Waals surface area contributed by atoms with Crippen LogP contribution in [0.25, 0.3) is 10.2 Å². The molecule has 5 nitrogen and oxygen atoms in total. The molecule has 0 saturated heterocycles. The standard InChI is InChI=1S/C21H21F2N3O2S2/c1-12-25-17-7-4-13(8-18(17)29-12)10-21(3)19(24)26-20(2,11-30(21,27)28)15-9-14(22)5-6-16(15)23/h4-9H,10-11H2,1-3H3,(H2,24,26). The van der Waals surface area contributed by atoms with E-state index in [1.54, 1.807) is 0 Å². The minimum Gasteiger partial charge on any atom is -0.386 e. The number of sulfone groups is 1. The lowest BCUT2D eigenvalue weighted by Crippen LogP contribution is -2.57. The van der Waals surface area contributed by atoms with E-state index in [1.807, 2.05) is 25.1 Å². The first kappa shape index (κ1) is 20.9. The second-order valence-electron chi connectivity index (χ2n) is 8.10. The lowest BCUT2D eigenvalue weighted by atomic mass is 9.92. The molecule has 1 aromatic heterocycles. The number of hydrogen-bond donors (Lipinski definition) is 1. The number of nitrogens with zero attached hydrogens (tertiary/aromatic N) is 2. The van der Waals surface area contributed by atoms with Crippen LogP contribution in [0, 0.1) is 18.6 Å². The SMILES string of the molecule is Cc1nc2ccc(CC3(C)C(N)=NC(C)(c4cc(F)ccc4F)CS3(=O)=O)cc2s1. The Hall–Kier alpha value is -2.39. The molecular formula is C21H21F2N3O2S2. The van der Waals surface area contributed by atoms with Gasteiger partial charge in [-0.05, 0) is 63.1 Å². The Morgan fingerprint density at radius 2 is 1.90 bits per heavy atom. The second kappa shape index (κ2) is 6.81. The summed E-state index contributed by atoms with van der Waals surface area (Å²) in [6.07, 6.45) is 0.124. The molecule has 2 heterocycles. The summed E-state index contributed by atoms with van der Waals surface area (Å²) < 4.78 is 54.4.